The van der Waals surface area contributed by atoms with Gasteiger partial charge in [-0.2, -0.15) is 0 Å². The standard InChI is InChI=1S/C14H18ClN3O3/c1-17(2)14(21)11-8-16-5-6-18(11)13(20)10-7-9(15)3-4-12(10)19/h3-4,7,11,16,19H,5-6,8H2,1-2H3. The Morgan fingerprint density at radius 2 is 2.14 bits per heavy atom. The first kappa shape index (κ1) is 15.6. The Labute approximate surface area is 128 Å². The lowest BCUT2D eigenvalue weighted by molar-refractivity contribution is -0.134. The van der Waals surface area contributed by atoms with E-state index in [1.54, 1.807) is 14.1 Å². The van der Waals surface area contributed by atoms with Gasteiger partial charge in [-0.25, -0.2) is 0 Å². The zero-order valence-electron chi connectivity index (χ0n) is 12.0. The molecule has 0 radical (unpaired) electrons. The van der Waals surface area contributed by atoms with Crippen molar-refractivity contribution in [3.8, 4) is 5.75 Å². The minimum Gasteiger partial charge on any atom is -0.507 e. The van der Waals surface area contributed by atoms with Crippen molar-refractivity contribution in [2.45, 2.75) is 6.04 Å². The highest BCUT2D eigenvalue weighted by atomic mass is 35.5. The van der Waals surface area contributed by atoms with Crippen LogP contribution in [0.2, 0.25) is 5.02 Å². The minimum absolute atomic E-state index is 0.112. The van der Waals surface area contributed by atoms with E-state index in [0.717, 1.165) is 0 Å². The number of piperazine rings is 1. The summed E-state index contributed by atoms with van der Waals surface area (Å²) in [4.78, 5) is 27.7. The van der Waals surface area contributed by atoms with Crippen molar-refractivity contribution in [1.29, 1.82) is 0 Å². The number of carbonyl (C=O) groups is 2. The zero-order chi connectivity index (χ0) is 15.6. The molecule has 1 aromatic rings. The van der Waals surface area contributed by atoms with E-state index in [0.29, 0.717) is 24.7 Å². The maximum absolute atomic E-state index is 12.6. The lowest BCUT2D eigenvalue weighted by Crippen LogP contribution is -2.59. The molecule has 1 unspecified atom stereocenters. The van der Waals surface area contributed by atoms with Gasteiger partial charge in [0, 0.05) is 38.8 Å². The number of amides is 2. The number of carbonyl (C=O) groups excluding carboxylic acids is 2. The van der Waals surface area contributed by atoms with Crippen LogP contribution in [0.25, 0.3) is 0 Å². The molecule has 6 nitrogen and oxygen atoms in total. The SMILES string of the molecule is CN(C)C(=O)C1CNCCN1C(=O)c1cc(Cl)ccc1O. The van der Waals surface area contributed by atoms with E-state index in [1.165, 1.54) is 28.0 Å². The van der Waals surface area contributed by atoms with Crippen LogP contribution in [-0.4, -0.2) is 66.5 Å². The zero-order valence-corrected chi connectivity index (χ0v) is 12.7. The summed E-state index contributed by atoms with van der Waals surface area (Å²) in [5, 5.41) is 13.3. The second kappa shape index (κ2) is 6.32. The number of hydrogen-bond acceptors (Lipinski definition) is 4. The van der Waals surface area contributed by atoms with Crippen molar-refractivity contribution in [2.75, 3.05) is 33.7 Å². The van der Waals surface area contributed by atoms with Gasteiger partial charge in [0.05, 0.1) is 5.56 Å². The Kier molecular flexibility index (Phi) is 4.69. The van der Waals surface area contributed by atoms with Crippen LogP contribution in [0.3, 0.4) is 0 Å². The topological polar surface area (TPSA) is 72.9 Å². The molecule has 0 bridgehead atoms. The fourth-order valence-electron chi connectivity index (χ4n) is 2.30. The summed E-state index contributed by atoms with van der Waals surface area (Å²) in [6.07, 6.45) is 0. The van der Waals surface area contributed by atoms with E-state index in [9.17, 15) is 14.7 Å². The molecule has 1 aliphatic rings. The van der Waals surface area contributed by atoms with Gasteiger partial charge in [-0.3, -0.25) is 9.59 Å². The van der Waals surface area contributed by atoms with Gasteiger partial charge in [-0.05, 0) is 18.2 Å². The Morgan fingerprint density at radius 1 is 1.43 bits per heavy atom. The molecular weight excluding hydrogens is 294 g/mol. The van der Waals surface area contributed by atoms with Crippen LogP contribution < -0.4 is 5.32 Å². The van der Waals surface area contributed by atoms with Gasteiger partial charge in [0.1, 0.15) is 11.8 Å². The third-order valence-electron chi connectivity index (χ3n) is 3.42. The van der Waals surface area contributed by atoms with E-state index >= 15 is 0 Å². The highest BCUT2D eigenvalue weighted by Crippen LogP contribution is 2.24. The van der Waals surface area contributed by atoms with Crippen molar-refractivity contribution in [2.24, 2.45) is 0 Å². The van der Waals surface area contributed by atoms with Crippen LogP contribution >= 0.6 is 11.6 Å². The molecule has 1 saturated heterocycles. The number of nitrogens with zero attached hydrogens (tertiary/aromatic N) is 2. The average molecular weight is 312 g/mol. The van der Waals surface area contributed by atoms with Crippen LogP contribution in [0.15, 0.2) is 18.2 Å². The van der Waals surface area contributed by atoms with E-state index < -0.39 is 11.9 Å². The normalized spacial score (nSPS) is 18.4. The Balaban J connectivity index is 2.30. The number of likely N-dealkylation sites (N-methyl/N-ethyl adjacent to an activating group) is 1. The van der Waals surface area contributed by atoms with Gasteiger partial charge < -0.3 is 20.2 Å². The number of phenols is 1. The maximum Gasteiger partial charge on any atom is 0.258 e. The quantitative estimate of drug-likeness (QED) is 0.836. The molecule has 1 fully saturated rings. The van der Waals surface area contributed by atoms with Gasteiger partial charge in [0.25, 0.3) is 5.91 Å². The molecular formula is C14H18ClN3O3. The summed E-state index contributed by atoms with van der Waals surface area (Å²) in [6.45, 7) is 1.39. The number of hydrogen-bond donors (Lipinski definition) is 2. The monoisotopic (exact) mass is 311 g/mol. The number of nitrogens with one attached hydrogen (secondary N) is 1. The molecule has 7 heteroatoms. The first-order valence-electron chi connectivity index (χ1n) is 6.63. The number of halogens is 1. The van der Waals surface area contributed by atoms with E-state index in [1.807, 2.05) is 0 Å². The van der Waals surface area contributed by atoms with E-state index in [-0.39, 0.29) is 17.2 Å². The lowest BCUT2D eigenvalue weighted by Gasteiger charge is -2.36. The molecule has 2 rings (SSSR count). The molecule has 0 saturated carbocycles. The molecule has 2 N–H and O–H groups in total. The number of phenolic OH excluding ortho intramolecular Hbond substituents is 1. The first-order chi connectivity index (χ1) is 9.91. The highest BCUT2D eigenvalue weighted by molar-refractivity contribution is 6.31. The van der Waals surface area contributed by atoms with Crippen molar-refractivity contribution in [3.05, 3.63) is 28.8 Å². The predicted molar refractivity (Wildman–Crippen MR) is 79.5 cm³/mol. The molecule has 1 aromatic carbocycles. The Morgan fingerprint density at radius 3 is 2.81 bits per heavy atom. The van der Waals surface area contributed by atoms with Gasteiger partial charge in [0.2, 0.25) is 5.91 Å². The van der Waals surface area contributed by atoms with Crippen LogP contribution in [0.1, 0.15) is 10.4 Å². The van der Waals surface area contributed by atoms with Crippen molar-refractivity contribution < 1.29 is 14.7 Å². The number of aromatic hydroxyl groups is 1. The summed E-state index contributed by atoms with van der Waals surface area (Å²) in [6, 6.07) is 3.71. The highest BCUT2D eigenvalue weighted by Gasteiger charge is 2.34. The van der Waals surface area contributed by atoms with E-state index in [2.05, 4.69) is 5.32 Å². The van der Waals surface area contributed by atoms with Crippen molar-refractivity contribution >= 4 is 23.4 Å². The molecule has 1 aliphatic heterocycles. The molecule has 0 aromatic heterocycles. The molecule has 2 amide bonds. The minimum atomic E-state index is -0.584. The fraction of sp³-hybridized carbons (Fsp3) is 0.429. The van der Waals surface area contributed by atoms with E-state index in [4.69, 9.17) is 11.6 Å². The number of rotatable bonds is 2. The third-order valence-corrected chi connectivity index (χ3v) is 3.65. The molecule has 21 heavy (non-hydrogen) atoms. The third kappa shape index (κ3) is 3.28. The first-order valence-corrected chi connectivity index (χ1v) is 7.01. The number of benzene rings is 1. The smallest absolute Gasteiger partial charge is 0.258 e. The van der Waals surface area contributed by atoms with Crippen molar-refractivity contribution in [1.82, 2.24) is 15.1 Å². The van der Waals surface area contributed by atoms with Crippen molar-refractivity contribution in [3.63, 3.8) is 0 Å². The molecule has 0 spiro atoms. The predicted octanol–water partition coefficient (Wildman–Crippen LogP) is 0.548. The van der Waals surface area contributed by atoms with Gasteiger partial charge >= 0.3 is 0 Å². The summed E-state index contributed by atoms with van der Waals surface area (Å²) in [7, 11) is 3.30. The summed E-state index contributed by atoms with van der Waals surface area (Å²) < 4.78 is 0. The molecule has 1 atom stereocenters. The summed E-state index contributed by atoms with van der Waals surface area (Å²) >= 11 is 5.88. The molecule has 1 heterocycles. The van der Waals surface area contributed by atoms with Crippen LogP contribution in [0, 0.1) is 0 Å². The fourth-order valence-corrected chi connectivity index (χ4v) is 2.47. The largest absolute Gasteiger partial charge is 0.507 e. The van der Waals surface area contributed by atoms with Crippen LogP contribution in [0.5, 0.6) is 5.75 Å². The Hall–Kier alpha value is -1.79. The van der Waals surface area contributed by atoms with Gasteiger partial charge in [0.15, 0.2) is 0 Å². The van der Waals surface area contributed by atoms with Gasteiger partial charge in [-0.1, -0.05) is 11.6 Å². The maximum atomic E-state index is 12.6. The average Bonchev–Trinajstić information content (AvgIpc) is 2.48. The Bertz CT molecular complexity index is 562. The lowest BCUT2D eigenvalue weighted by atomic mass is 10.1. The molecule has 0 aliphatic carbocycles. The summed E-state index contributed by atoms with van der Waals surface area (Å²) in [5.74, 6) is -0.687. The second-order valence-corrected chi connectivity index (χ2v) is 5.55. The summed E-state index contributed by atoms with van der Waals surface area (Å²) in [5.41, 5.74) is 0.112. The van der Waals surface area contributed by atoms with Gasteiger partial charge in [-0.15, -0.1) is 0 Å². The van der Waals surface area contributed by atoms with Crippen LogP contribution in [0.4, 0.5) is 0 Å². The second-order valence-electron chi connectivity index (χ2n) is 5.11. The molecule has 114 valence electrons. The van der Waals surface area contributed by atoms with Crippen LogP contribution in [-0.2, 0) is 4.79 Å².